The Labute approximate surface area is 77.3 Å². The largest absolute Gasteiger partial charge is 0.380 e. The van der Waals surface area contributed by atoms with Gasteiger partial charge in [0.2, 0.25) is 0 Å². The molecule has 68 valence electrons. The number of ether oxygens (including phenoxy) is 1. The van der Waals surface area contributed by atoms with Crippen molar-refractivity contribution in [1.82, 2.24) is 0 Å². The van der Waals surface area contributed by atoms with Crippen LogP contribution in [0.4, 0.5) is 0 Å². The molecule has 1 saturated heterocycles. The summed E-state index contributed by atoms with van der Waals surface area (Å²) in [6.45, 7) is 0.941. The van der Waals surface area contributed by atoms with Gasteiger partial charge in [-0.1, -0.05) is 0 Å². The molecular weight excluding hydrogens is 166 g/mol. The van der Waals surface area contributed by atoms with Crippen molar-refractivity contribution in [3.8, 4) is 6.07 Å². The van der Waals surface area contributed by atoms with Crippen molar-refractivity contribution in [2.75, 3.05) is 6.61 Å². The van der Waals surface area contributed by atoms with Crippen LogP contribution in [-0.4, -0.2) is 22.1 Å². The zero-order valence-electron chi connectivity index (χ0n) is 7.81. The first-order valence-electron chi connectivity index (χ1n) is 4.78. The Hall–Kier alpha value is -0.333. The minimum Gasteiger partial charge on any atom is -0.380 e. The Kier molecular flexibility index (Phi) is 3.77. The zero-order chi connectivity index (χ0) is 8.86. The molecule has 1 aliphatic rings. The lowest BCUT2D eigenvalue weighted by Gasteiger charge is -2.34. The molecule has 1 heterocycles. The number of unbranched alkanes of at least 4 members (excludes halogenated alkanes) is 1. The summed E-state index contributed by atoms with van der Waals surface area (Å²) in [6, 6.07) is 2.18. The van der Waals surface area contributed by atoms with E-state index in [4.69, 9.17) is 10.00 Å². The second-order valence-electron chi connectivity index (χ2n) is 3.77. The third-order valence-electron chi connectivity index (χ3n) is 2.54. The van der Waals surface area contributed by atoms with Gasteiger partial charge in [0.15, 0.2) is 0 Å². The van der Waals surface area contributed by atoms with E-state index in [1.807, 2.05) is 0 Å². The van der Waals surface area contributed by atoms with Gasteiger partial charge in [0, 0.05) is 28.5 Å². The van der Waals surface area contributed by atoms with E-state index in [2.05, 4.69) is 6.07 Å². The smallest absolute Gasteiger partial charge is 0.0621 e. The summed E-state index contributed by atoms with van der Waals surface area (Å²) >= 11 is 0. The van der Waals surface area contributed by atoms with Gasteiger partial charge in [-0.3, -0.25) is 0 Å². The maximum Gasteiger partial charge on any atom is 0.0621 e. The van der Waals surface area contributed by atoms with Gasteiger partial charge in [-0.15, -0.1) is 0 Å². The van der Waals surface area contributed by atoms with E-state index in [0.29, 0.717) is 6.42 Å². The first-order valence-corrected chi connectivity index (χ1v) is 5.78. The van der Waals surface area contributed by atoms with Crippen molar-refractivity contribution in [3.63, 3.8) is 0 Å². The fraction of sp³-hybridized carbons (Fsp3) is 0.889. The minimum absolute atomic E-state index is 0.217. The van der Waals surface area contributed by atoms with Crippen LogP contribution in [0.25, 0.3) is 0 Å². The van der Waals surface area contributed by atoms with Crippen LogP contribution in [0.5, 0.6) is 0 Å². The van der Waals surface area contributed by atoms with E-state index in [0.717, 1.165) is 29.7 Å². The topological polar surface area (TPSA) is 33.0 Å². The van der Waals surface area contributed by atoms with E-state index < -0.39 is 0 Å². The summed E-state index contributed by atoms with van der Waals surface area (Å²) in [5, 5.41) is 8.62. The van der Waals surface area contributed by atoms with Gasteiger partial charge < -0.3 is 4.74 Å². The normalized spacial score (nSPS) is 29.9. The number of rotatable bonds is 3. The average molecular weight is 183 g/mol. The maximum absolute atomic E-state index is 8.40. The maximum atomic E-state index is 8.40. The fourth-order valence-electron chi connectivity index (χ4n) is 1.73. The lowest BCUT2D eigenvalue weighted by Crippen LogP contribution is -2.36. The molecule has 1 aliphatic heterocycles. The molecule has 0 N–H and O–H groups in total. The SMILES string of the molecule is N#CCCCC1([SiH3])CCCCO1. The van der Waals surface area contributed by atoms with Gasteiger partial charge in [0.25, 0.3) is 0 Å². The van der Waals surface area contributed by atoms with E-state index in [1.54, 1.807) is 0 Å². The van der Waals surface area contributed by atoms with Crippen LogP contribution in [0.1, 0.15) is 38.5 Å². The Morgan fingerprint density at radius 1 is 1.50 bits per heavy atom. The van der Waals surface area contributed by atoms with Crippen molar-refractivity contribution in [1.29, 1.82) is 5.26 Å². The molecule has 1 fully saturated rings. The number of nitriles is 1. The summed E-state index contributed by atoms with van der Waals surface area (Å²) in [4.78, 5) is 0. The van der Waals surface area contributed by atoms with E-state index in [9.17, 15) is 0 Å². The molecule has 0 bridgehead atoms. The highest BCUT2D eigenvalue weighted by atomic mass is 28.1. The Bertz CT molecular complexity index is 170. The lowest BCUT2D eigenvalue weighted by molar-refractivity contribution is -0.0234. The molecule has 1 rings (SSSR count). The van der Waals surface area contributed by atoms with Crippen molar-refractivity contribution in [3.05, 3.63) is 0 Å². The van der Waals surface area contributed by atoms with E-state index in [-0.39, 0.29) is 5.22 Å². The minimum atomic E-state index is 0.217. The summed E-state index contributed by atoms with van der Waals surface area (Å²) in [5.41, 5.74) is 0. The first-order chi connectivity index (χ1) is 5.77. The Morgan fingerprint density at radius 3 is 2.92 bits per heavy atom. The highest BCUT2D eigenvalue weighted by Crippen LogP contribution is 2.26. The van der Waals surface area contributed by atoms with Crippen molar-refractivity contribution in [2.24, 2.45) is 0 Å². The third kappa shape index (κ3) is 2.96. The molecule has 0 radical (unpaired) electrons. The van der Waals surface area contributed by atoms with Crippen LogP contribution >= 0.6 is 0 Å². The van der Waals surface area contributed by atoms with Crippen molar-refractivity contribution in [2.45, 2.75) is 43.7 Å². The van der Waals surface area contributed by atoms with Crippen LogP contribution in [0.15, 0.2) is 0 Å². The monoisotopic (exact) mass is 183 g/mol. The molecule has 0 amide bonds. The first kappa shape index (κ1) is 9.75. The molecule has 0 spiro atoms. The molecular formula is C9H17NOSi. The third-order valence-corrected chi connectivity index (χ3v) is 3.83. The van der Waals surface area contributed by atoms with Crippen molar-refractivity contribution < 1.29 is 4.74 Å². The van der Waals surface area contributed by atoms with E-state index >= 15 is 0 Å². The fourth-order valence-corrected chi connectivity index (χ4v) is 2.64. The molecule has 0 aliphatic carbocycles. The predicted molar refractivity (Wildman–Crippen MR) is 51.9 cm³/mol. The summed E-state index contributed by atoms with van der Waals surface area (Å²) < 4.78 is 5.76. The molecule has 12 heavy (non-hydrogen) atoms. The van der Waals surface area contributed by atoms with Crippen LogP contribution in [0, 0.1) is 11.3 Å². The average Bonchev–Trinajstić information content (AvgIpc) is 2.06. The summed E-state index contributed by atoms with van der Waals surface area (Å²) in [6.07, 6.45) is 6.57. The lowest BCUT2D eigenvalue weighted by atomic mass is 10.0. The summed E-state index contributed by atoms with van der Waals surface area (Å²) in [7, 11) is 1.12. The molecule has 1 unspecified atom stereocenters. The zero-order valence-corrected chi connectivity index (χ0v) is 9.81. The molecule has 3 heteroatoms. The molecule has 0 saturated carbocycles. The van der Waals surface area contributed by atoms with Crippen LogP contribution in [-0.2, 0) is 4.74 Å². The molecule has 0 aromatic heterocycles. The number of nitrogens with zero attached hydrogens (tertiary/aromatic N) is 1. The standard InChI is InChI=1S/C9H17NOSi/c10-7-3-1-5-9(12)6-2-4-8-11-9/h1-6,8H2,12H3. The highest BCUT2D eigenvalue weighted by molar-refractivity contribution is 6.14. The summed E-state index contributed by atoms with van der Waals surface area (Å²) in [5.74, 6) is 0. The number of hydrogen-bond acceptors (Lipinski definition) is 2. The van der Waals surface area contributed by atoms with Gasteiger partial charge in [0.1, 0.15) is 0 Å². The highest BCUT2D eigenvalue weighted by Gasteiger charge is 2.26. The van der Waals surface area contributed by atoms with Gasteiger partial charge >= 0.3 is 0 Å². The van der Waals surface area contributed by atoms with Crippen LogP contribution < -0.4 is 0 Å². The second-order valence-corrected chi connectivity index (χ2v) is 5.59. The van der Waals surface area contributed by atoms with Crippen LogP contribution in [0.3, 0.4) is 0 Å². The quantitative estimate of drug-likeness (QED) is 0.482. The van der Waals surface area contributed by atoms with Gasteiger partial charge in [-0.05, 0) is 32.1 Å². The molecule has 0 aromatic carbocycles. The second kappa shape index (κ2) is 4.63. The van der Waals surface area contributed by atoms with E-state index in [1.165, 1.54) is 19.3 Å². The molecule has 0 aromatic rings. The van der Waals surface area contributed by atoms with Gasteiger partial charge in [-0.2, -0.15) is 5.26 Å². The van der Waals surface area contributed by atoms with Crippen molar-refractivity contribution >= 4 is 10.2 Å². The number of hydrogen-bond donors (Lipinski definition) is 0. The Balaban J connectivity index is 2.23. The van der Waals surface area contributed by atoms with Crippen LogP contribution in [0.2, 0.25) is 0 Å². The molecule has 1 atom stereocenters. The predicted octanol–water partition coefficient (Wildman–Crippen LogP) is 0.942. The van der Waals surface area contributed by atoms with Gasteiger partial charge in [0.05, 0.1) is 6.07 Å². The Morgan fingerprint density at radius 2 is 2.33 bits per heavy atom. The molecule has 2 nitrogen and oxygen atoms in total. The van der Waals surface area contributed by atoms with Gasteiger partial charge in [-0.25, -0.2) is 0 Å².